The van der Waals surface area contributed by atoms with E-state index in [1.54, 1.807) is 119 Å². The third kappa shape index (κ3) is 43.6. The molecule has 1 aromatic heterocycles. The first-order chi connectivity index (χ1) is 60.1. The third-order valence-electron chi connectivity index (χ3n) is 20.9. The summed E-state index contributed by atoms with van der Waals surface area (Å²) in [5.74, 6) is -9.05. The molecule has 0 bridgehead atoms. The fourth-order valence-electron chi connectivity index (χ4n) is 13.1. The molecule has 0 fully saturated rings. The summed E-state index contributed by atoms with van der Waals surface area (Å²) < 4.78 is 64.8. The number of benzene rings is 2. The lowest BCUT2D eigenvalue weighted by Crippen LogP contribution is -2.57. The van der Waals surface area contributed by atoms with Gasteiger partial charge in [0, 0.05) is 82.8 Å². The number of esters is 3. The highest BCUT2D eigenvalue weighted by atomic mass is 31.3. The standard InChI is InChI=1S/C85H134N14O24P2.C2H6/c1-15-57(7)74-79(106)91-62(12)83(110)122-75(58(8)16-2)60(10)68(43-38-59(9)82(109)120-69(51-55(3)4)77(104)90-61(11)80(107)98(14)67(52-63-33-24-22-25-34-63)81(108)97(13)53-71(101)95-74)121-85(112)88-44-28-19-17-20-30-49-118-124(113,114)123-125(115,116)119-50-31-21-18-27-37-72(102)117-54-64-39-41-65(42-40-64)92-76(103)66(35-32-45-87-84(86)111)93-78(105)73(56(5)6)94-70(100)36-26-23-29-47-99-48-46-89-96-99;1-2/h16,22,24-25,33-34,38-42,46,48,55-57,60-62,66-69,73-75H,15,17-21,23,26-32,35-37,43-45,47,49-54H2,1-14H3,(H,88,112)(H,90,104)(H,91,106)(H,92,103)(H,93,105)(H,94,100)(H,95,101)(H,113,114)(H,115,116)(H3,86,87,111);1-2H3/b58-16+,59-38+;/t57?,60-,61-,62+,66+,67+,68-,69+,73+,74-,75+;/m0./s1. The Bertz CT molecular complexity index is 4120. The summed E-state index contributed by atoms with van der Waals surface area (Å²) >= 11 is 0. The average molecular weight is 1830 g/mol. The van der Waals surface area contributed by atoms with Gasteiger partial charge >= 0.3 is 45.7 Å². The molecule has 13 atom stereocenters. The number of amides is 11. The van der Waals surface area contributed by atoms with Crippen LogP contribution in [0.15, 0.2) is 90.3 Å². The number of rotatable bonds is 45. The Hall–Kier alpha value is -9.97. The molecule has 0 saturated carbocycles. The van der Waals surface area contributed by atoms with E-state index in [9.17, 15) is 81.2 Å². The molecule has 3 unspecified atom stereocenters. The van der Waals surface area contributed by atoms with Crippen LogP contribution in [0, 0.1) is 23.7 Å². The van der Waals surface area contributed by atoms with E-state index in [1.807, 2.05) is 34.6 Å². The van der Waals surface area contributed by atoms with Crippen molar-refractivity contribution in [3.63, 3.8) is 0 Å². The van der Waals surface area contributed by atoms with Crippen molar-refractivity contribution in [2.75, 3.05) is 52.3 Å². The molecule has 0 saturated heterocycles. The van der Waals surface area contributed by atoms with Crippen molar-refractivity contribution in [3.8, 4) is 0 Å². The Balaban J connectivity index is 0.0000206. The van der Waals surface area contributed by atoms with E-state index in [0.29, 0.717) is 86.7 Å². The van der Waals surface area contributed by atoms with Gasteiger partial charge in [0.05, 0.1) is 26.0 Å². The largest absolute Gasteiger partial charge is 0.481 e. The van der Waals surface area contributed by atoms with E-state index >= 15 is 0 Å². The molecule has 0 spiro atoms. The molecule has 40 heteroatoms. The maximum atomic E-state index is 14.4. The SMILES string of the molecule is C/C=C(\C)[C@H]1OC(=O)[C@@H](C)NC(=O)[C@H](C(C)CC)NC(=O)CN(C)C(=O)[C@@H](Cc2ccccc2)N(C)C(=O)[C@H](C)NC(=O)[C@@H](CC(C)C)OC(=O)/C(C)=C/C[C@H](OC(=O)NCCCCCCCOP(=O)(O)OP(=O)(O)OCCCCCCC(=O)OCc2ccc(NC(=O)[C@@H](CCCNC(N)=O)NC(=O)[C@H](NC(=O)CCCCCn3ccnn3)C(C)C)cc2)[C@@H]1C.CC. The van der Waals surface area contributed by atoms with E-state index in [2.05, 4.69) is 57.2 Å². The number of carbonyl (C=O) groups excluding carboxylic acids is 13. The number of nitrogens with one attached hydrogen (secondary N) is 8. The summed E-state index contributed by atoms with van der Waals surface area (Å²) in [5, 5.41) is 29.3. The molecule has 0 radical (unpaired) electrons. The topological polar surface area (TPSA) is 521 Å². The van der Waals surface area contributed by atoms with Crippen LogP contribution in [-0.2, 0) is 114 Å². The molecule has 127 heavy (non-hydrogen) atoms. The number of cyclic esters (lactones) is 2. The summed E-state index contributed by atoms with van der Waals surface area (Å²) in [6.07, 6.45) is 8.93. The van der Waals surface area contributed by atoms with Crippen LogP contribution in [0.3, 0.4) is 0 Å². The van der Waals surface area contributed by atoms with Crippen LogP contribution in [0.2, 0.25) is 0 Å². The molecule has 0 aliphatic carbocycles. The smallest absolute Gasteiger partial charge is 0.461 e. The van der Waals surface area contributed by atoms with Gasteiger partial charge < -0.3 is 86.8 Å². The lowest BCUT2D eigenvalue weighted by Gasteiger charge is -2.33. The zero-order chi connectivity index (χ0) is 94.9. The zero-order valence-electron chi connectivity index (χ0n) is 76.7. The highest BCUT2D eigenvalue weighted by Crippen LogP contribution is 2.60. The van der Waals surface area contributed by atoms with Gasteiger partial charge in [0.25, 0.3) is 5.91 Å². The number of urea groups is 1. The number of carbonyl (C=O) groups is 13. The van der Waals surface area contributed by atoms with Crippen molar-refractivity contribution in [2.24, 2.45) is 29.4 Å². The molecule has 2 heterocycles. The number of anilines is 1. The number of hydrogen-bond donors (Lipinski definition) is 11. The van der Waals surface area contributed by atoms with Gasteiger partial charge in [0.15, 0.2) is 6.10 Å². The molecule has 1 aliphatic rings. The van der Waals surface area contributed by atoms with Crippen LogP contribution in [0.25, 0.3) is 0 Å². The second-order valence-electron chi connectivity index (χ2n) is 32.2. The lowest BCUT2D eigenvalue weighted by atomic mass is 9.90. The van der Waals surface area contributed by atoms with Crippen molar-refractivity contribution in [1.29, 1.82) is 0 Å². The molecule has 12 N–H and O–H groups in total. The van der Waals surface area contributed by atoms with E-state index in [4.69, 9.17) is 33.7 Å². The fraction of sp³-hybridized carbons (Fsp3) is 0.644. The first-order valence-corrected chi connectivity index (χ1v) is 46.9. The maximum absolute atomic E-state index is 14.4. The van der Waals surface area contributed by atoms with Crippen LogP contribution in [-0.4, -0.2) is 213 Å². The van der Waals surface area contributed by atoms with Gasteiger partial charge in [0.1, 0.15) is 55.1 Å². The normalized spacial score (nSPS) is 20.8. The molecule has 4 rings (SSSR count). The number of nitrogens with two attached hydrogens (primary N) is 1. The maximum Gasteiger partial charge on any atom is 0.481 e. The number of unbranched alkanes of at least 4 members (excludes halogenated alkanes) is 9. The van der Waals surface area contributed by atoms with Gasteiger partial charge in [-0.25, -0.2) is 28.3 Å². The number of allylic oxidation sites excluding steroid dienone is 1. The van der Waals surface area contributed by atoms with Crippen molar-refractivity contribution in [3.05, 3.63) is 101 Å². The number of nitrogens with zero attached hydrogens (tertiary/aromatic N) is 5. The van der Waals surface area contributed by atoms with Gasteiger partial charge in [-0.05, 0) is 139 Å². The van der Waals surface area contributed by atoms with Gasteiger partial charge in [-0.15, -0.1) is 5.10 Å². The first kappa shape index (κ1) is 111. The highest BCUT2D eigenvalue weighted by molar-refractivity contribution is 7.61. The average Bonchev–Trinajstić information content (AvgIpc) is 1.37. The highest BCUT2D eigenvalue weighted by Gasteiger charge is 2.40. The van der Waals surface area contributed by atoms with Crippen LogP contribution >= 0.6 is 15.6 Å². The molecule has 3 aromatic rings. The number of phosphoric acid groups is 2. The van der Waals surface area contributed by atoms with E-state index < -0.39 is 160 Å². The number of ether oxygens (including phenoxy) is 4. The van der Waals surface area contributed by atoms with E-state index in [1.165, 1.54) is 45.8 Å². The lowest BCUT2D eigenvalue weighted by molar-refractivity contribution is -0.155. The zero-order valence-corrected chi connectivity index (χ0v) is 78.5. The van der Waals surface area contributed by atoms with Gasteiger partial charge in [-0.3, -0.25) is 56.9 Å². The minimum atomic E-state index is -5.07. The van der Waals surface area contributed by atoms with Crippen molar-refractivity contribution in [2.45, 2.75) is 293 Å². The van der Waals surface area contributed by atoms with Crippen LogP contribution in [0.5, 0.6) is 0 Å². The number of phosphoric ester groups is 2. The minimum absolute atomic E-state index is 0.0129. The number of primary amides is 1. The molecule has 712 valence electrons. The van der Waals surface area contributed by atoms with Crippen LogP contribution < -0.4 is 48.3 Å². The second-order valence-corrected chi connectivity index (χ2v) is 35.3. The quantitative estimate of drug-likeness (QED) is 0.00824. The summed E-state index contributed by atoms with van der Waals surface area (Å²) in [5.41, 5.74) is 7.43. The Kier molecular flexibility index (Phi) is 51.8. The van der Waals surface area contributed by atoms with Crippen LogP contribution in [0.4, 0.5) is 15.3 Å². The number of aryl methyl sites for hydroxylation is 1. The molecule has 2 aromatic carbocycles. The predicted molar refractivity (Wildman–Crippen MR) is 474 cm³/mol. The fourth-order valence-corrected chi connectivity index (χ4v) is 15.3. The molecule has 11 amide bonds. The number of aromatic nitrogens is 3. The Morgan fingerprint density at radius 3 is 1.93 bits per heavy atom. The Morgan fingerprint density at radius 1 is 0.717 bits per heavy atom. The summed E-state index contributed by atoms with van der Waals surface area (Å²) in [7, 11) is -7.35. The van der Waals surface area contributed by atoms with Crippen molar-refractivity contribution < 1.29 is 114 Å². The van der Waals surface area contributed by atoms with Crippen molar-refractivity contribution >= 4 is 98.6 Å². The number of likely N-dealkylation sites (N-methyl/N-ethyl adjacent to an activating group) is 2. The molecular weight excluding hydrogens is 1690 g/mol. The van der Waals surface area contributed by atoms with Crippen LogP contribution in [0.1, 0.15) is 230 Å². The van der Waals surface area contributed by atoms with Gasteiger partial charge in [-0.1, -0.05) is 167 Å². The number of alkyl carbamates (subject to hydrolysis) is 1. The molecular formula is C87H140N14O24P2. The van der Waals surface area contributed by atoms with Gasteiger partial charge in [-0.2, -0.15) is 4.31 Å². The number of hydrogen-bond acceptors (Lipinski definition) is 24. The summed E-state index contributed by atoms with van der Waals surface area (Å²) in [6, 6.07) is 7.67. The van der Waals surface area contributed by atoms with Crippen molar-refractivity contribution in [1.82, 2.24) is 62.0 Å². The minimum Gasteiger partial charge on any atom is -0.461 e. The van der Waals surface area contributed by atoms with Gasteiger partial charge in [0.2, 0.25) is 41.4 Å². The Labute approximate surface area is 746 Å². The second kappa shape index (κ2) is 59.2. The van der Waals surface area contributed by atoms with E-state index in [-0.39, 0.29) is 114 Å². The first-order valence-electron chi connectivity index (χ1n) is 43.9. The monoisotopic (exact) mass is 1830 g/mol. The predicted octanol–water partition coefficient (Wildman–Crippen LogP) is 9.76. The van der Waals surface area contributed by atoms with E-state index in [0.717, 1.165) is 17.7 Å². The third-order valence-corrected chi connectivity index (χ3v) is 23.6. The summed E-state index contributed by atoms with van der Waals surface area (Å²) in [4.78, 5) is 200. The molecule has 1 aliphatic heterocycles. The molecule has 38 nitrogen and oxygen atoms in total. The summed E-state index contributed by atoms with van der Waals surface area (Å²) in [6.45, 7) is 23.7. The Morgan fingerprint density at radius 2 is 1.32 bits per heavy atom.